The van der Waals surface area contributed by atoms with E-state index in [2.05, 4.69) is 5.32 Å². The third kappa shape index (κ3) is 6.47. The molecule has 0 heterocycles. The number of carbonyl (C=O) groups excluding carboxylic acids is 1. The number of rotatable bonds is 8. The molecule has 1 N–H and O–H groups in total. The SMILES string of the molecule is CCNCCC(=O)N(CCOC)C(C)C. The lowest BCUT2D eigenvalue weighted by Crippen LogP contribution is -2.40. The number of methoxy groups -OCH3 is 1. The van der Waals surface area contributed by atoms with E-state index in [0.29, 0.717) is 19.6 Å². The molecule has 0 bridgehead atoms. The van der Waals surface area contributed by atoms with E-state index in [1.54, 1.807) is 7.11 Å². The first-order valence-corrected chi connectivity index (χ1v) is 5.62. The van der Waals surface area contributed by atoms with E-state index in [0.717, 1.165) is 13.1 Å². The zero-order valence-corrected chi connectivity index (χ0v) is 10.4. The van der Waals surface area contributed by atoms with Crippen LogP contribution in [0.2, 0.25) is 0 Å². The molecule has 0 radical (unpaired) electrons. The summed E-state index contributed by atoms with van der Waals surface area (Å²) >= 11 is 0. The molecule has 15 heavy (non-hydrogen) atoms. The Balaban J connectivity index is 3.93. The van der Waals surface area contributed by atoms with E-state index in [-0.39, 0.29) is 11.9 Å². The fraction of sp³-hybridized carbons (Fsp3) is 0.909. The lowest BCUT2D eigenvalue weighted by atomic mass is 10.2. The minimum atomic E-state index is 0.197. The molecular weight excluding hydrogens is 192 g/mol. The van der Waals surface area contributed by atoms with E-state index in [4.69, 9.17) is 4.74 Å². The Morgan fingerprint density at radius 3 is 2.60 bits per heavy atom. The summed E-state index contributed by atoms with van der Waals surface area (Å²) < 4.78 is 4.99. The summed E-state index contributed by atoms with van der Waals surface area (Å²) in [5.74, 6) is 0.197. The summed E-state index contributed by atoms with van der Waals surface area (Å²) in [6.45, 7) is 9.04. The Labute approximate surface area is 93.0 Å². The molecule has 90 valence electrons. The molecule has 0 rings (SSSR count). The molecule has 0 aromatic heterocycles. The van der Waals surface area contributed by atoms with Gasteiger partial charge in [-0.15, -0.1) is 0 Å². The summed E-state index contributed by atoms with van der Waals surface area (Å²) in [6, 6.07) is 0.245. The molecule has 1 amide bonds. The van der Waals surface area contributed by atoms with Crippen LogP contribution in [0.3, 0.4) is 0 Å². The fourth-order valence-corrected chi connectivity index (χ4v) is 1.38. The van der Waals surface area contributed by atoms with Crippen molar-refractivity contribution < 1.29 is 9.53 Å². The normalized spacial score (nSPS) is 10.7. The van der Waals surface area contributed by atoms with Gasteiger partial charge in [-0.2, -0.15) is 0 Å². The zero-order chi connectivity index (χ0) is 11.7. The van der Waals surface area contributed by atoms with Crippen molar-refractivity contribution in [2.75, 3.05) is 33.4 Å². The number of ether oxygens (including phenoxy) is 1. The molecule has 0 saturated carbocycles. The highest BCUT2D eigenvalue weighted by atomic mass is 16.5. The van der Waals surface area contributed by atoms with Crippen molar-refractivity contribution in [2.45, 2.75) is 33.2 Å². The first-order chi connectivity index (χ1) is 7.13. The molecule has 0 atom stereocenters. The molecule has 0 aliphatic carbocycles. The van der Waals surface area contributed by atoms with Gasteiger partial charge < -0.3 is 15.0 Å². The number of nitrogens with zero attached hydrogens (tertiary/aromatic N) is 1. The fourth-order valence-electron chi connectivity index (χ4n) is 1.38. The molecular formula is C11H24N2O2. The molecule has 0 unspecified atom stereocenters. The van der Waals surface area contributed by atoms with Gasteiger partial charge in [-0.1, -0.05) is 6.92 Å². The van der Waals surface area contributed by atoms with Gasteiger partial charge in [-0.25, -0.2) is 0 Å². The quantitative estimate of drug-likeness (QED) is 0.612. The molecule has 0 aliphatic rings. The number of amides is 1. The third-order valence-electron chi connectivity index (χ3n) is 2.25. The number of hydrogen-bond acceptors (Lipinski definition) is 3. The second-order valence-electron chi connectivity index (χ2n) is 3.78. The van der Waals surface area contributed by atoms with Gasteiger partial charge in [0, 0.05) is 32.7 Å². The molecule has 0 fully saturated rings. The van der Waals surface area contributed by atoms with Crippen molar-refractivity contribution in [3.63, 3.8) is 0 Å². The average molecular weight is 216 g/mol. The van der Waals surface area contributed by atoms with Crippen LogP contribution in [0.4, 0.5) is 0 Å². The van der Waals surface area contributed by atoms with Gasteiger partial charge in [0.25, 0.3) is 0 Å². The third-order valence-corrected chi connectivity index (χ3v) is 2.25. The second-order valence-corrected chi connectivity index (χ2v) is 3.78. The van der Waals surface area contributed by atoms with Gasteiger partial charge in [0.05, 0.1) is 6.61 Å². The van der Waals surface area contributed by atoms with Crippen molar-refractivity contribution >= 4 is 5.91 Å². The van der Waals surface area contributed by atoms with Crippen molar-refractivity contribution in [3.05, 3.63) is 0 Å². The van der Waals surface area contributed by atoms with Crippen LogP contribution in [0.25, 0.3) is 0 Å². The Kier molecular flexibility index (Phi) is 8.33. The van der Waals surface area contributed by atoms with Crippen LogP contribution in [0.5, 0.6) is 0 Å². The van der Waals surface area contributed by atoms with Crippen LogP contribution >= 0.6 is 0 Å². The minimum absolute atomic E-state index is 0.197. The van der Waals surface area contributed by atoms with E-state index in [1.807, 2.05) is 25.7 Å². The average Bonchev–Trinajstić information content (AvgIpc) is 2.18. The highest BCUT2D eigenvalue weighted by Gasteiger charge is 2.15. The first kappa shape index (κ1) is 14.4. The Bertz CT molecular complexity index is 172. The van der Waals surface area contributed by atoms with Crippen molar-refractivity contribution in [1.29, 1.82) is 0 Å². The predicted molar refractivity (Wildman–Crippen MR) is 61.9 cm³/mol. The predicted octanol–water partition coefficient (Wildman–Crippen LogP) is 0.869. The summed E-state index contributed by atoms with van der Waals surface area (Å²) in [7, 11) is 1.65. The van der Waals surface area contributed by atoms with Crippen molar-refractivity contribution in [1.82, 2.24) is 10.2 Å². The largest absolute Gasteiger partial charge is 0.383 e. The second kappa shape index (κ2) is 8.68. The van der Waals surface area contributed by atoms with Crippen LogP contribution in [-0.4, -0.2) is 50.2 Å². The van der Waals surface area contributed by atoms with E-state index >= 15 is 0 Å². The van der Waals surface area contributed by atoms with Gasteiger partial charge in [0.1, 0.15) is 0 Å². The highest BCUT2D eigenvalue weighted by Crippen LogP contribution is 2.01. The van der Waals surface area contributed by atoms with E-state index in [9.17, 15) is 4.79 Å². The lowest BCUT2D eigenvalue weighted by Gasteiger charge is -2.26. The van der Waals surface area contributed by atoms with Gasteiger partial charge in [0.2, 0.25) is 5.91 Å². The molecule has 0 spiro atoms. The summed E-state index contributed by atoms with van der Waals surface area (Å²) in [4.78, 5) is 13.7. The van der Waals surface area contributed by atoms with Crippen LogP contribution in [0.15, 0.2) is 0 Å². The summed E-state index contributed by atoms with van der Waals surface area (Å²) in [6.07, 6.45) is 0.565. The molecule has 0 saturated heterocycles. The van der Waals surface area contributed by atoms with Gasteiger partial charge in [0.15, 0.2) is 0 Å². The Morgan fingerprint density at radius 2 is 2.13 bits per heavy atom. The molecule has 4 nitrogen and oxygen atoms in total. The molecule has 4 heteroatoms. The number of nitrogens with one attached hydrogen (secondary N) is 1. The smallest absolute Gasteiger partial charge is 0.224 e. The summed E-state index contributed by atoms with van der Waals surface area (Å²) in [5.41, 5.74) is 0. The maximum absolute atomic E-state index is 11.8. The topological polar surface area (TPSA) is 41.6 Å². The Morgan fingerprint density at radius 1 is 1.47 bits per heavy atom. The van der Waals surface area contributed by atoms with Gasteiger partial charge in [-0.3, -0.25) is 4.79 Å². The minimum Gasteiger partial charge on any atom is -0.383 e. The van der Waals surface area contributed by atoms with Gasteiger partial charge >= 0.3 is 0 Å². The lowest BCUT2D eigenvalue weighted by molar-refractivity contribution is -0.133. The number of carbonyl (C=O) groups is 1. The van der Waals surface area contributed by atoms with Crippen LogP contribution in [0.1, 0.15) is 27.2 Å². The van der Waals surface area contributed by atoms with E-state index in [1.165, 1.54) is 0 Å². The maximum atomic E-state index is 11.8. The zero-order valence-electron chi connectivity index (χ0n) is 10.4. The molecule has 0 aromatic carbocycles. The number of hydrogen-bond donors (Lipinski definition) is 1. The van der Waals surface area contributed by atoms with Crippen LogP contribution < -0.4 is 5.32 Å². The monoisotopic (exact) mass is 216 g/mol. The molecule has 0 aromatic rings. The van der Waals surface area contributed by atoms with Crippen molar-refractivity contribution in [2.24, 2.45) is 0 Å². The Hall–Kier alpha value is -0.610. The maximum Gasteiger partial charge on any atom is 0.224 e. The standard InChI is InChI=1S/C11H24N2O2/c1-5-12-7-6-11(14)13(10(2)3)8-9-15-4/h10,12H,5-9H2,1-4H3. The van der Waals surface area contributed by atoms with Gasteiger partial charge in [-0.05, 0) is 20.4 Å². The summed E-state index contributed by atoms with van der Waals surface area (Å²) in [5, 5.41) is 3.15. The van der Waals surface area contributed by atoms with Crippen LogP contribution in [0, 0.1) is 0 Å². The first-order valence-electron chi connectivity index (χ1n) is 5.62. The highest BCUT2D eigenvalue weighted by molar-refractivity contribution is 5.76. The molecule has 0 aliphatic heterocycles. The van der Waals surface area contributed by atoms with E-state index < -0.39 is 0 Å². The van der Waals surface area contributed by atoms with Crippen molar-refractivity contribution in [3.8, 4) is 0 Å². The van der Waals surface area contributed by atoms with Crippen LogP contribution in [-0.2, 0) is 9.53 Å².